The second-order valence-corrected chi connectivity index (χ2v) is 5.49. The van der Waals surface area contributed by atoms with Gasteiger partial charge in [0.1, 0.15) is 0 Å². The summed E-state index contributed by atoms with van der Waals surface area (Å²) >= 11 is 0. The van der Waals surface area contributed by atoms with E-state index in [-0.39, 0.29) is 0 Å². The monoisotopic (exact) mass is 242 g/mol. The molecule has 18 heavy (non-hydrogen) atoms. The molecule has 0 atom stereocenters. The van der Waals surface area contributed by atoms with E-state index < -0.39 is 0 Å². The molecule has 0 radical (unpaired) electrons. The molecule has 2 nitrogen and oxygen atoms in total. The maximum atomic E-state index is 4.25. The number of rotatable bonds is 4. The van der Waals surface area contributed by atoms with Gasteiger partial charge in [-0.2, -0.15) is 0 Å². The molecule has 0 bridgehead atoms. The van der Waals surface area contributed by atoms with Gasteiger partial charge in [0, 0.05) is 24.3 Å². The maximum absolute atomic E-state index is 4.25. The first kappa shape index (κ1) is 13.0. The average Bonchev–Trinajstić information content (AvgIpc) is 2.35. The van der Waals surface area contributed by atoms with Crippen molar-refractivity contribution in [2.45, 2.75) is 26.2 Å². The number of aromatic nitrogens is 1. The Labute approximate surface area is 110 Å². The average molecular weight is 242 g/mol. The van der Waals surface area contributed by atoms with Crippen LogP contribution in [-0.2, 0) is 6.42 Å². The number of pyridine rings is 1. The Hall–Kier alpha value is -1.41. The lowest BCUT2D eigenvalue weighted by molar-refractivity contribution is 0.413. The third-order valence-corrected chi connectivity index (χ3v) is 3.32. The molecule has 0 aliphatic heterocycles. The van der Waals surface area contributed by atoms with E-state index in [0.29, 0.717) is 5.92 Å². The molecule has 0 saturated heterocycles. The molecule has 2 heteroatoms. The van der Waals surface area contributed by atoms with Crippen molar-refractivity contribution in [2.24, 2.45) is 0 Å². The predicted molar refractivity (Wildman–Crippen MR) is 78.1 cm³/mol. The molecule has 1 aromatic heterocycles. The third kappa shape index (κ3) is 2.88. The SMILES string of the molecule is CC(C)c1cc(CCN(C)C)cc2ccncc12. The summed E-state index contributed by atoms with van der Waals surface area (Å²) in [6.07, 6.45) is 4.97. The summed E-state index contributed by atoms with van der Waals surface area (Å²) in [7, 11) is 4.24. The molecule has 0 N–H and O–H groups in total. The molecule has 0 saturated carbocycles. The van der Waals surface area contributed by atoms with Crippen LogP contribution in [0.25, 0.3) is 10.8 Å². The molecule has 1 aromatic carbocycles. The van der Waals surface area contributed by atoms with Crippen LogP contribution in [0.1, 0.15) is 30.9 Å². The summed E-state index contributed by atoms with van der Waals surface area (Å²) in [5.74, 6) is 0.538. The fourth-order valence-corrected chi connectivity index (χ4v) is 2.27. The first-order valence-corrected chi connectivity index (χ1v) is 6.59. The summed E-state index contributed by atoms with van der Waals surface area (Å²) in [5, 5.41) is 2.60. The van der Waals surface area contributed by atoms with Crippen molar-refractivity contribution in [3.05, 3.63) is 41.7 Å². The summed E-state index contributed by atoms with van der Waals surface area (Å²) in [5.41, 5.74) is 2.83. The molecule has 96 valence electrons. The molecule has 0 spiro atoms. The lowest BCUT2D eigenvalue weighted by Crippen LogP contribution is -2.15. The van der Waals surface area contributed by atoms with Crippen LogP contribution in [0.15, 0.2) is 30.6 Å². The van der Waals surface area contributed by atoms with Gasteiger partial charge in [0.25, 0.3) is 0 Å². The van der Waals surface area contributed by atoms with Gasteiger partial charge < -0.3 is 4.90 Å². The molecule has 2 rings (SSSR count). The zero-order chi connectivity index (χ0) is 13.1. The summed E-state index contributed by atoms with van der Waals surface area (Å²) in [6, 6.07) is 6.75. The van der Waals surface area contributed by atoms with Crippen molar-refractivity contribution in [3.63, 3.8) is 0 Å². The first-order chi connectivity index (χ1) is 8.58. The molecule has 0 unspecified atom stereocenters. The molecule has 2 aromatic rings. The Morgan fingerprint density at radius 1 is 1.22 bits per heavy atom. The van der Waals surface area contributed by atoms with Crippen LogP contribution in [0.5, 0.6) is 0 Å². The minimum atomic E-state index is 0.538. The standard InChI is InChI=1S/C16H22N2/c1-12(2)15-10-13(6-8-18(3)4)9-14-5-7-17-11-16(14)15/h5,7,9-12H,6,8H2,1-4H3. The van der Waals surface area contributed by atoms with Gasteiger partial charge in [-0.05, 0) is 49.0 Å². The van der Waals surface area contributed by atoms with E-state index in [1.165, 1.54) is 21.9 Å². The number of hydrogen-bond donors (Lipinski definition) is 0. The van der Waals surface area contributed by atoms with Crippen LogP contribution in [0.4, 0.5) is 0 Å². The maximum Gasteiger partial charge on any atom is 0.0349 e. The van der Waals surface area contributed by atoms with E-state index in [0.717, 1.165) is 13.0 Å². The quantitative estimate of drug-likeness (QED) is 0.816. The van der Waals surface area contributed by atoms with Gasteiger partial charge in [-0.3, -0.25) is 4.98 Å². The van der Waals surface area contributed by atoms with Crippen LogP contribution < -0.4 is 0 Å². The number of likely N-dealkylation sites (N-methyl/N-ethyl adjacent to an activating group) is 1. The number of fused-ring (bicyclic) bond motifs is 1. The molecular weight excluding hydrogens is 220 g/mol. The van der Waals surface area contributed by atoms with E-state index in [9.17, 15) is 0 Å². The van der Waals surface area contributed by atoms with E-state index in [1.54, 1.807) is 0 Å². The highest BCUT2D eigenvalue weighted by atomic mass is 15.0. The van der Waals surface area contributed by atoms with Crippen LogP contribution in [0.2, 0.25) is 0 Å². The Kier molecular flexibility index (Phi) is 3.97. The Balaban J connectivity index is 2.44. The van der Waals surface area contributed by atoms with E-state index in [2.05, 4.69) is 56.0 Å². The summed E-state index contributed by atoms with van der Waals surface area (Å²) in [4.78, 5) is 6.48. The van der Waals surface area contributed by atoms with E-state index in [1.807, 2.05) is 12.4 Å². The minimum Gasteiger partial charge on any atom is -0.309 e. The van der Waals surface area contributed by atoms with Crippen molar-refractivity contribution < 1.29 is 0 Å². The van der Waals surface area contributed by atoms with Gasteiger partial charge in [0.05, 0.1) is 0 Å². The van der Waals surface area contributed by atoms with Gasteiger partial charge in [0.15, 0.2) is 0 Å². The van der Waals surface area contributed by atoms with Crippen LogP contribution in [0, 0.1) is 0 Å². The highest BCUT2D eigenvalue weighted by Crippen LogP contribution is 2.26. The summed E-state index contributed by atoms with van der Waals surface area (Å²) < 4.78 is 0. The van der Waals surface area contributed by atoms with Crippen LogP contribution in [0.3, 0.4) is 0 Å². The molecular formula is C16H22N2. The van der Waals surface area contributed by atoms with Crippen molar-refractivity contribution in [3.8, 4) is 0 Å². The Bertz CT molecular complexity index is 530. The van der Waals surface area contributed by atoms with Crippen molar-refractivity contribution >= 4 is 10.8 Å². The Morgan fingerprint density at radius 2 is 2.00 bits per heavy atom. The van der Waals surface area contributed by atoms with E-state index >= 15 is 0 Å². The lowest BCUT2D eigenvalue weighted by Gasteiger charge is -2.14. The molecule has 0 aliphatic carbocycles. The fourth-order valence-electron chi connectivity index (χ4n) is 2.27. The highest BCUT2D eigenvalue weighted by molar-refractivity contribution is 5.86. The zero-order valence-corrected chi connectivity index (χ0v) is 11.8. The third-order valence-electron chi connectivity index (χ3n) is 3.32. The summed E-state index contributed by atoms with van der Waals surface area (Å²) in [6.45, 7) is 5.59. The second-order valence-electron chi connectivity index (χ2n) is 5.49. The largest absolute Gasteiger partial charge is 0.309 e. The van der Waals surface area contributed by atoms with Gasteiger partial charge in [-0.15, -0.1) is 0 Å². The van der Waals surface area contributed by atoms with Crippen molar-refractivity contribution in [1.29, 1.82) is 0 Å². The number of benzene rings is 1. The first-order valence-electron chi connectivity index (χ1n) is 6.59. The minimum absolute atomic E-state index is 0.538. The van der Waals surface area contributed by atoms with Crippen molar-refractivity contribution in [2.75, 3.05) is 20.6 Å². The van der Waals surface area contributed by atoms with Crippen molar-refractivity contribution in [1.82, 2.24) is 9.88 Å². The highest BCUT2D eigenvalue weighted by Gasteiger charge is 2.08. The normalized spacial score (nSPS) is 11.7. The van der Waals surface area contributed by atoms with Gasteiger partial charge in [-0.25, -0.2) is 0 Å². The molecule has 0 amide bonds. The zero-order valence-electron chi connectivity index (χ0n) is 11.8. The van der Waals surface area contributed by atoms with Crippen LogP contribution in [-0.4, -0.2) is 30.5 Å². The Morgan fingerprint density at radius 3 is 2.67 bits per heavy atom. The molecule has 0 aliphatic rings. The fraction of sp³-hybridized carbons (Fsp3) is 0.438. The predicted octanol–water partition coefficient (Wildman–Crippen LogP) is 3.46. The molecule has 0 fully saturated rings. The van der Waals surface area contributed by atoms with E-state index in [4.69, 9.17) is 0 Å². The van der Waals surface area contributed by atoms with Crippen LogP contribution >= 0.6 is 0 Å². The molecule has 1 heterocycles. The number of nitrogens with zero attached hydrogens (tertiary/aromatic N) is 2. The second kappa shape index (κ2) is 5.49. The van der Waals surface area contributed by atoms with Gasteiger partial charge >= 0.3 is 0 Å². The smallest absolute Gasteiger partial charge is 0.0349 e. The number of hydrogen-bond acceptors (Lipinski definition) is 2. The van der Waals surface area contributed by atoms with Gasteiger partial charge in [-0.1, -0.05) is 26.0 Å². The lowest BCUT2D eigenvalue weighted by atomic mass is 9.94. The topological polar surface area (TPSA) is 16.1 Å². The van der Waals surface area contributed by atoms with Gasteiger partial charge in [0.2, 0.25) is 0 Å².